The maximum Gasteiger partial charge on any atom is 0.392 e. The Morgan fingerprint density at radius 2 is 1.72 bits per heavy atom. The van der Waals surface area contributed by atoms with Gasteiger partial charge in [-0.1, -0.05) is 31.9 Å². The van der Waals surface area contributed by atoms with E-state index in [2.05, 4.69) is 6.92 Å². The van der Waals surface area contributed by atoms with Gasteiger partial charge in [0.2, 0.25) is 0 Å². The molecular weight excluding hydrogens is 329 g/mol. The highest BCUT2D eigenvalue weighted by molar-refractivity contribution is 5.27. The van der Waals surface area contributed by atoms with Gasteiger partial charge in [-0.25, -0.2) is 0 Å². The molecule has 2 nitrogen and oxygen atoms in total. The second-order valence-electron chi connectivity index (χ2n) is 7.30. The minimum absolute atomic E-state index is 0.0155. The molecule has 0 saturated heterocycles. The highest BCUT2D eigenvalue weighted by atomic mass is 19.4. The molecule has 25 heavy (non-hydrogen) atoms. The molecule has 0 heterocycles. The first-order valence-corrected chi connectivity index (χ1v) is 9.16. The van der Waals surface area contributed by atoms with Crippen LogP contribution in [0.3, 0.4) is 0 Å². The molecule has 142 valence electrons. The number of halogens is 3. The van der Waals surface area contributed by atoms with Crippen LogP contribution in [0.1, 0.15) is 44.6 Å². The van der Waals surface area contributed by atoms with Gasteiger partial charge in [-0.3, -0.25) is 0 Å². The van der Waals surface area contributed by atoms with Gasteiger partial charge in [-0.15, -0.1) is 0 Å². The Hall–Kier alpha value is -1.23. The predicted molar refractivity (Wildman–Crippen MR) is 92.8 cm³/mol. The molecule has 1 aliphatic rings. The number of ether oxygens (including phenoxy) is 2. The van der Waals surface area contributed by atoms with Gasteiger partial charge in [-0.2, -0.15) is 13.2 Å². The number of benzene rings is 1. The number of rotatable bonds is 8. The van der Waals surface area contributed by atoms with E-state index in [0.717, 1.165) is 11.7 Å². The van der Waals surface area contributed by atoms with Crippen molar-refractivity contribution >= 4 is 0 Å². The summed E-state index contributed by atoms with van der Waals surface area (Å²) in [6, 6.07) is 7.04. The van der Waals surface area contributed by atoms with Crippen molar-refractivity contribution in [2.45, 2.75) is 51.6 Å². The van der Waals surface area contributed by atoms with Crippen molar-refractivity contribution in [3.8, 4) is 5.75 Å². The van der Waals surface area contributed by atoms with Crippen LogP contribution in [0.2, 0.25) is 0 Å². The van der Waals surface area contributed by atoms with E-state index in [1.54, 1.807) is 24.3 Å². The zero-order valence-corrected chi connectivity index (χ0v) is 15.1. The van der Waals surface area contributed by atoms with Crippen molar-refractivity contribution < 1.29 is 22.6 Å². The van der Waals surface area contributed by atoms with Crippen molar-refractivity contribution in [1.29, 1.82) is 0 Å². The van der Waals surface area contributed by atoms with Gasteiger partial charge in [0, 0.05) is 13.7 Å². The Morgan fingerprint density at radius 3 is 2.28 bits per heavy atom. The smallest absolute Gasteiger partial charge is 0.392 e. The standard InChI is InChI=1S/C20H29F3O2/c1-15-3-5-17(6-4-15)14-25-19-9-7-16(8-10-19)13-18(11-12-24-2)20(21,22)23/h7-10,15,17-18H,3-6,11-14H2,1-2H3. The van der Waals surface area contributed by atoms with Crippen LogP contribution < -0.4 is 4.74 Å². The third-order valence-electron chi connectivity index (χ3n) is 5.16. The highest BCUT2D eigenvalue weighted by Crippen LogP contribution is 2.32. The lowest BCUT2D eigenvalue weighted by atomic mass is 9.83. The van der Waals surface area contributed by atoms with Gasteiger partial charge in [0.05, 0.1) is 12.5 Å². The first-order valence-electron chi connectivity index (χ1n) is 9.16. The molecule has 5 heteroatoms. The van der Waals surface area contributed by atoms with Crippen molar-refractivity contribution in [2.24, 2.45) is 17.8 Å². The largest absolute Gasteiger partial charge is 0.493 e. The number of methoxy groups -OCH3 is 1. The lowest BCUT2D eigenvalue weighted by molar-refractivity contribution is -0.178. The monoisotopic (exact) mass is 358 g/mol. The Morgan fingerprint density at radius 1 is 1.08 bits per heavy atom. The molecule has 2 rings (SSSR count). The Bertz CT molecular complexity index is 491. The zero-order valence-electron chi connectivity index (χ0n) is 15.1. The van der Waals surface area contributed by atoms with E-state index in [9.17, 15) is 13.2 Å². The van der Waals surface area contributed by atoms with E-state index in [-0.39, 0.29) is 19.4 Å². The highest BCUT2D eigenvalue weighted by Gasteiger charge is 2.38. The van der Waals surface area contributed by atoms with Gasteiger partial charge in [-0.05, 0) is 55.2 Å². The van der Waals surface area contributed by atoms with Crippen molar-refractivity contribution in [3.05, 3.63) is 29.8 Å². The summed E-state index contributed by atoms with van der Waals surface area (Å²) < 4.78 is 49.9. The normalized spacial score (nSPS) is 22.6. The van der Waals surface area contributed by atoms with Gasteiger partial charge in [0.15, 0.2) is 0 Å². The lowest BCUT2D eigenvalue weighted by Crippen LogP contribution is -2.26. The fraction of sp³-hybridized carbons (Fsp3) is 0.700. The van der Waals surface area contributed by atoms with Crippen LogP contribution >= 0.6 is 0 Å². The Labute approximate surface area is 148 Å². The molecule has 1 unspecified atom stereocenters. The topological polar surface area (TPSA) is 18.5 Å². The first-order chi connectivity index (χ1) is 11.9. The molecule has 1 aliphatic carbocycles. The molecule has 0 N–H and O–H groups in total. The number of alkyl halides is 3. The quantitative estimate of drug-likeness (QED) is 0.598. The summed E-state index contributed by atoms with van der Waals surface area (Å²) in [6.07, 6.45) is 0.677. The zero-order chi connectivity index (χ0) is 18.3. The van der Waals surface area contributed by atoms with Crippen LogP contribution in [0.15, 0.2) is 24.3 Å². The van der Waals surface area contributed by atoms with E-state index in [1.807, 2.05) is 0 Å². The SMILES string of the molecule is COCCC(Cc1ccc(OCC2CCC(C)CC2)cc1)C(F)(F)F. The summed E-state index contributed by atoms with van der Waals surface area (Å²) in [5.41, 5.74) is 0.678. The van der Waals surface area contributed by atoms with Gasteiger partial charge < -0.3 is 9.47 Å². The summed E-state index contributed by atoms with van der Waals surface area (Å²) >= 11 is 0. The maximum atomic E-state index is 13.1. The van der Waals surface area contributed by atoms with E-state index in [4.69, 9.17) is 9.47 Å². The molecule has 0 radical (unpaired) electrons. The molecule has 1 fully saturated rings. The Balaban J connectivity index is 1.83. The van der Waals surface area contributed by atoms with E-state index >= 15 is 0 Å². The van der Waals surface area contributed by atoms with Gasteiger partial charge >= 0.3 is 6.18 Å². The van der Waals surface area contributed by atoms with E-state index in [0.29, 0.717) is 18.1 Å². The maximum absolute atomic E-state index is 13.1. The molecule has 1 aromatic carbocycles. The molecule has 1 saturated carbocycles. The fourth-order valence-electron chi connectivity index (χ4n) is 3.36. The van der Waals surface area contributed by atoms with Crippen LogP contribution in [0.4, 0.5) is 13.2 Å². The molecule has 1 atom stereocenters. The minimum atomic E-state index is -4.20. The minimum Gasteiger partial charge on any atom is -0.493 e. The van der Waals surface area contributed by atoms with Gasteiger partial charge in [0.25, 0.3) is 0 Å². The third-order valence-corrected chi connectivity index (χ3v) is 5.16. The second-order valence-corrected chi connectivity index (χ2v) is 7.30. The number of hydrogen-bond acceptors (Lipinski definition) is 2. The average Bonchev–Trinajstić information content (AvgIpc) is 2.58. The van der Waals surface area contributed by atoms with Crippen LogP contribution in [0.25, 0.3) is 0 Å². The molecule has 0 amide bonds. The van der Waals surface area contributed by atoms with Crippen LogP contribution in [-0.2, 0) is 11.2 Å². The second kappa shape index (κ2) is 9.46. The van der Waals surface area contributed by atoms with E-state index < -0.39 is 12.1 Å². The lowest BCUT2D eigenvalue weighted by Gasteiger charge is -2.26. The fourth-order valence-corrected chi connectivity index (χ4v) is 3.36. The van der Waals surface area contributed by atoms with Crippen molar-refractivity contribution in [2.75, 3.05) is 20.3 Å². The van der Waals surface area contributed by atoms with Crippen LogP contribution in [-0.4, -0.2) is 26.5 Å². The molecule has 0 aliphatic heterocycles. The summed E-state index contributed by atoms with van der Waals surface area (Å²) in [5.74, 6) is 0.779. The van der Waals surface area contributed by atoms with Crippen LogP contribution in [0.5, 0.6) is 5.75 Å². The predicted octanol–water partition coefficient (Wildman–Crippen LogP) is 5.65. The van der Waals surface area contributed by atoms with Crippen LogP contribution in [0, 0.1) is 17.8 Å². The Kier molecular flexibility index (Phi) is 7.60. The molecular formula is C20H29F3O2. The molecule has 0 bridgehead atoms. The van der Waals surface area contributed by atoms with Crippen molar-refractivity contribution in [3.63, 3.8) is 0 Å². The van der Waals surface area contributed by atoms with Gasteiger partial charge in [0.1, 0.15) is 5.75 Å². The summed E-state index contributed by atoms with van der Waals surface area (Å²) in [7, 11) is 1.42. The molecule has 0 aromatic heterocycles. The average molecular weight is 358 g/mol. The summed E-state index contributed by atoms with van der Waals surface area (Å²) in [5, 5.41) is 0. The summed E-state index contributed by atoms with van der Waals surface area (Å²) in [6.45, 7) is 3.10. The first kappa shape index (κ1) is 20.1. The summed E-state index contributed by atoms with van der Waals surface area (Å²) in [4.78, 5) is 0. The molecule has 0 spiro atoms. The van der Waals surface area contributed by atoms with E-state index in [1.165, 1.54) is 32.8 Å². The number of hydrogen-bond donors (Lipinski definition) is 0. The molecule has 1 aromatic rings. The third kappa shape index (κ3) is 6.89. The van der Waals surface area contributed by atoms with Crippen molar-refractivity contribution in [1.82, 2.24) is 0 Å².